The molecule has 146 valence electrons. The first-order valence-corrected chi connectivity index (χ1v) is 9.76. The number of carbonyl (C=O) groups excluding carboxylic acids is 1. The molecule has 7 nitrogen and oxygen atoms in total. The summed E-state index contributed by atoms with van der Waals surface area (Å²) in [4.78, 5) is 20.6. The van der Waals surface area contributed by atoms with Gasteiger partial charge in [0.1, 0.15) is 0 Å². The molecule has 2 N–H and O–H groups in total. The number of nitrogens with zero attached hydrogens (tertiary/aromatic N) is 2. The molecule has 0 aliphatic rings. The molecule has 0 saturated carbocycles. The van der Waals surface area contributed by atoms with Gasteiger partial charge in [0.2, 0.25) is 0 Å². The van der Waals surface area contributed by atoms with E-state index in [-0.39, 0.29) is 12.6 Å². The lowest BCUT2D eigenvalue weighted by Gasteiger charge is -2.13. The number of thiazole rings is 1. The number of hydrogen-bond donors (Lipinski definition) is 2. The Kier molecular flexibility index (Phi) is 6.67. The highest BCUT2D eigenvalue weighted by Crippen LogP contribution is 2.36. The number of hydrogen-bond acceptors (Lipinski definition) is 6. The van der Waals surface area contributed by atoms with Gasteiger partial charge in [-0.3, -0.25) is 10.3 Å². The van der Waals surface area contributed by atoms with Crippen molar-refractivity contribution in [2.45, 2.75) is 13.5 Å². The number of ether oxygens (including phenoxy) is 2. The van der Waals surface area contributed by atoms with E-state index in [1.807, 2.05) is 24.4 Å². The van der Waals surface area contributed by atoms with Crippen LogP contribution in [0.15, 0.2) is 42.0 Å². The summed E-state index contributed by atoms with van der Waals surface area (Å²) in [6.45, 7) is 2.62. The van der Waals surface area contributed by atoms with Gasteiger partial charge >= 0.3 is 6.03 Å². The summed E-state index contributed by atoms with van der Waals surface area (Å²) in [5, 5.41) is 8.29. The van der Waals surface area contributed by atoms with Gasteiger partial charge in [0, 0.05) is 29.9 Å². The maximum atomic E-state index is 12.2. The van der Waals surface area contributed by atoms with Crippen LogP contribution < -0.4 is 20.1 Å². The van der Waals surface area contributed by atoms with Crippen molar-refractivity contribution in [1.82, 2.24) is 15.3 Å². The number of aromatic nitrogens is 2. The summed E-state index contributed by atoms with van der Waals surface area (Å²) in [5.74, 6) is 1.01. The average molecular weight is 419 g/mol. The van der Waals surface area contributed by atoms with Gasteiger partial charge in [-0.05, 0) is 36.8 Å². The minimum Gasteiger partial charge on any atom is -0.493 e. The summed E-state index contributed by atoms with van der Waals surface area (Å²) < 4.78 is 10.8. The van der Waals surface area contributed by atoms with Crippen molar-refractivity contribution in [3.63, 3.8) is 0 Å². The van der Waals surface area contributed by atoms with E-state index in [2.05, 4.69) is 20.6 Å². The second kappa shape index (κ2) is 9.38. The van der Waals surface area contributed by atoms with E-state index in [0.29, 0.717) is 28.3 Å². The van der Waals surface area contributed by atoms with Crippen LogP contribution in [-0.2, 0) is 6.54 Å². The molecule has 9 heteroatoms. The third kappa shape index (κ3) is 4.90. The zero-order chi connectivity index (χ0) is 19.9. The summed E-state index contributed by atoms with van der Waals surface area (Å²) in [7, 11) is 1.54. The molecule has 3 rings (SSSR count). The minimum atomic E-state index is -0.365. The Morgan fingerprint density at radius 3 is 2.93 bits per heavy atom. The Labute approximate surface area is 171 Å². The Bertz CT molecular complexity index is 950. The van der Waals surface area contributed by atoms with Gasteiger partial charge in [-0.25, -0.2) is 9.78 Å². The largest absolute Gasteiger partial charge is 0.493 e. The van der Waals surface area contributed by atoms with E-state index in [1.54, 1.807) is 31.6 Å². The van der Waals surface area contributed by atoms with E-state index in [4.69, 9.17) is 21.1 Å². The van der Waals surface area contributed by atoms with Gasteiger partial charge < -0.3 is 14.8 Å². The predicted molar refractivity (Wildman–Crippen MR) is 110 cm³/mol. The fraction of sp³-hybridized carbons (Fsp3) is 0.211. The van der Waals surface area contributed by atoms with Crippen LogP contribution in [0.5, 0.6) is 11.5 Å². The molecule has 1 aromatic carbocycles. The smallest absolute Gasteiger partial charge is 0.321 e. The monoisotopic (exact) mass is 418 g/mol. The summed E-state index contributed by atoms with van der Waals surface area (Å²) in [6, 6.07) is 6.90. The third-order valence-electron chi connectivity index (χ3n) is 3.71. The molecular formula is C19H19ClN4O3S. The Balaban J connectivity index is 1.60. The van der Waals surface area contributed by atoms with Gasteiger partial charge in [0.15, 0.2) is 16.6 Å². The van der Waals surface area contributed by atoms with Crippen LogP contribution in [-0.4, -0.2) is 29.7 Å². The highest BCUT2D eigenvalue weighted by molar-refractivity contribution is 7.14. The Morgan fingerprint density at radius 2 is 2.21 bits per heavy atom. The van der Waals surface area contributed by atoms with Crippen LogP contribution in [0.3, 0.4) is 0 Å². The van der Waals surface area contributed by atoms with Crippen LogP contribution >= 0.6 is 22.9 Å². The third-order valence-corrected chi connectivity index (χ3v) is 4.75. The first-order chi connectivity index (χ1) is 13.6. The quantitative estimate of drug-likeness (QED) is 0.586. The van der Waals surface area contributed by atoms with E-state index < -0.39 is 0 Å². The number of pyridine rings is 1. The molecule has 0 aliphatic carbocycles. The second-order valence-corrected chi connectivity index (χ2v) is 6.89. The maximum absolute atomic E-state index is 12.2. The molecule has 0 aliphatic heterocycles. The van der Waals surface area contributed by atoms with Crippen molar-refractivity contribution in [1.29, 1.82) is 0 Å². The molecule has 0 saturated heterocycles. The van der Waals surface area contributed by atoms with Crippen molar-refractivity contribution < 1.29 is 14.3 Å². The topological polar surface area (TPSA) is 85.4 Å². The highest BCUT2D eigenvalue weighted by Gasteiger charge is 2.13. The van der Waals surface area contributed by atoms with E-state index >= 15 is 0 Å². The fourth-order valence-corrected chi connectivity index (χ4v) is 3.46. The zero-order valence-electron chi connectivity index (χ0n) is 15.4. The van der Waals surface area contributed by atoms with E-state index in [9.17, 15) is 4.79 Å². The number of halogens is 1. The second-order valence-electron chi connectivity index (χ2n) is 5.63. The van der Waals surface area contributed by atoms with Crippen LogP contribution in [0.1, 0.15) is 12.5 Å². The van der Waals surface area contributed by atoms with E-state index in [1.165, 1.54) is 11.3 Å². The number of nitrogens with one attached hydrogen (secondary N) is 2. The first kappa shape index (κ1) is 19.9. The fourth-order valence-electron chi connectivity index (χ4n) is 2.46. The Hall–Kier alpha value is -2.84. The SMILES string of the molecule is CCOc1c(Cl)cc(CNC(=O)Nc2nc(-c3cccnc3)cs2)cc1OC. The number of amides is 2. The molecule has 2 amide bonds. The predicted octanol–water partition coefficient (Wildman–Crippen LogP) is 4.59. The summed E-state index contributed by atoms with van der Waals surface area (Å²) in [5.41, 5.74) is 2.44. The van der Waals surface area contributed by atoms with Gasteiger partial charge in [-0.2, -0.15) is 0 Å². The average Bonchev–Trinajstić information content (AvgIpc) is 3.17. The molecule has 3 aromatic rings. The molecule has 0 bridgehead atoms. The maximum Gasteiger partial charge on any atom is 0.321 e. The highest BCUT2D eigenvalue weighted by atomic mass is 35.5. The van der Waals surface area contributed by atoms with Gasteiger partial charge in [0.25, 0.3) is 0 Å². The first-order valence-electron chi connectivity index (χ1n) is 8.50. The van der Waals surface area contributed by atoms with Crippen molar-refractivity contribution in [3.05, 3.63) is 52.6 Å². The van der Waals surface area contributed by atoms with Crippen LogP contribution in [0.4, 0.5) is 9.93 Å². The van der Waals surface area contributed by atoms with Gasteiger partial charge in [-0.1, -0.05) is 11.6 Å². The standard InChI is InChI=1S/C19H19ClN4O3S/c1-3-27-17-14(20)7-12(8-16(17)26-2)9-22-18(25)24-19-23-15(11-28-19)13-5-4-6-21-10-13/h4-8,10-11H,3,9H2,1-2H3,(H2,22,23,24,25). The molecule has 0 unspecified atom stereocenters. The molecular weight excluding hydrogens is 400 g/mol. The summed E-state index contributed by atoms with van der Waals surface area (Å²) in [6.07, 6.45) is 3.42. The number of methoxy groups -OCH3 is 1. The van der Waals surface area contributed by atoms with Crippen molar-refractivity contribution in [2.75, 3.05) is 19.0 Å². The number of anilines is 1. The number of urea groups is 1. The molecule has 2 aromatic heterocycles. The van der Waals surface area contributed by atoms with Gasteiger partial charge in [-0.15, -0.1) is 11.3 Å². The van der Waals surface area contributed by atoms with Crippen LogP contribution in [0.2, 0.25) is 5.02 Å². The minimum absolute atomic E-state index is 0.273. The number of rotatable bonds is 7. The summed E-state index contributed by atoms with van der Waals surface area (Å²) >= 11 is 7.59. The zero-order valence-corrected chi connectivity index (χ0v) is 16.9. The molecule has 0 radical (unpaired) electrons. The van der Waals surface area contributed by atoms with Crippen LogP contribution in [0, 0.1) is 0 Å². The number of carbonyl (C=O) groups is 1. The molecule has 0 fully saturated rings. The van der Waals surface area contributed by atoms with Crippen molar-refractivity contribution >= 4 is 34.1 Å². The van der Waals surface area contributed by atoms with Crippen molar-refractivity contribution in [2.24, 2.45) is 0 Å². The lowest BCUT2D eigenvalue weighted by molar-refractivity contribution is 0.251. The number of benzene rings is 1. The van der Waals surface area contributed by atoms with Crippen LogP contribution in [0.25, 0.3) is 11.3 Å². The molecule has 2 heterocycles. The molecule has 0 spiro atoms. The molecule has 28 heavy (non-hydrogen) atoms. The van der Waals surface area contributed by atoms with Crippen molar-refractivity contribution in [3.8, 4) is 22.8 Å². The Morgan fingerprint density at radius 1 is 1.36 bits per heavy atom. The van der Waals surface area contributed by atoms with E-state index in [0.717, 1.165) is 16.8 Å². The normalized spacial score (nSPS) is 10.4. The molecule has 0 atom stereocenters. The lowest BCUT2D eigenvalue weighted by atomic mass is 10.2. The lowest BCUT2D eigenvalue weighted by Crippen LogP contribution is -2.28. The van der Waals surface area contributed by atoms with Gasteiger partial charge in [0.05, 0.1) is 24.4 Å².